The van der Waals surface area contributed by atoms with Gasteiger partial charge in [-0.05, 0) is 45.4 Å². The molecule has 196 valence electrons. The van der Waals surface area contributed by atoms with Gasteiger partial charge in [0, 0.05) is 24.9 Å². The summed E-state index contributed by atoms with van der Waals surface area (Å²) in [6, 6.07) is -0.937. The highest BCUT2D eigenvalue weighted by molar-refractivity contribution is 6.00. The Morgan fingerprint density at radius 3 is 2.09 bits per heavy atom. The van der Waals surface area contributed by atoms with Crippen molar-refractivity contribution in [2.24, 2.45) is 41.2 Å². The molecule has 9 atom stereocenters. The number of ketones is 2. The Kier molecular flexibility index (Phi) is 10.5. The molecule has 0 spiro atoms. The summed E-state index contributed by atoms with van der Waals surface area (Å²) in [5, 5.41) is 0. The molecule has 1 fully saturated rings. The highest BCUT2D eigenvalue weighted by Crippen LogP contribution is 2.41. The summed E-state index contributed by atoms with van der Waals surface area (Å²) in [6.07, 6.45) is -0.266. The summed E-state index contributed by atoms with van der Waals surface area (Å²) in [4.78, 5) is 51.4. The summed E-state index contributed by atoms with van der Waals surface area (Å²) in [7, 11) is 1.58. The Morgan fingerprint density at radius 2 is 1.65 bits per heavy atom. The predicted molar refractivity (Wildman–Crippen MR) is 129 cm³/mol. The molecule has 8 heteroatoms. The van der Waals surface area contributed by atoms with Gasteiger partial charge in [-0.15, -0.1) is 0 Å². The quantitative estimate of drug-likeness (QED) is 0.359. The minimum atomic E-state index is -1.45. The first-order valence-corrected chi connectivity index (χ1v) is 12.3. The Labute approximate surface area is 204 Å². The molecule has 0 aromatic heterocycles. The van der Waals surface area contributed by atoms with Crippen molar-refractivity contribution < 1.29 is 33.4 Å². The largest absolute Gasteiger partial charge is 0.458 e. The number of cyclic esters (lactones) is 1. The van der Waals surface area contributed by atoms with Crippen LogP contribution in [-0.4, -0.2) is 54.5 Å². The third-order valence-corrected chi connectivity index (χ3v) is 8.07. The van der Waals surface area contributed by atoms with Crippen LogP contribution in [0.3, 0.4) is 0 Å². The van der Waals surface area contributed by atoms with Crippen LogP contribution in [0.25, 0.3) is 0 Å². The Balaban J connectivity index is 3.70. The van der Waals surface area contributed by atoms with Crippen LogP contribution in [0, 0.1) is 35.5 Å². The number of rotatable bonds is 5. The van der Waals surface area contributed by atoms with Gasteiger partial charge in [0.25, 0.3) is 6.47 Å². The van der Waals surface area contributed by atoms with E-state index in [0.29, 0.717) is 6.42 Å². The van der Waals surface area contributed by atoms with Gasteiger partial charge in [-0.25, -0.2) is 0 Å². The molecule has 0 radical (unpaired) electrons. The van der Waals surface area contributed by atoms with Gasteiger partial charge in [0.1, 0.15) is 23.6 Å². The fourth-order valence-electron chi connectivity index (χ4n) is 6.01. The van der Waals surface area contributed by atoms with E-state index in [1.165, 1.54) is 6.92 Å². The Morgan fingerprint density at radius 1 is 1.09 bits per heavy atom. The summed E-state index contributed by atoms with van der Waals surface area (Å²) in [6.45, 7) is 16.4. The van der Waals surface area contributed by atoms with E-state index < -0.39 is 53.0 Å². The molecule has 0 aromatic carbocycles. The van der Waals surface area contributed by atoms with Gasteiger partial charge in [0.15, 0.2) is 5.60 Å². The van der Waals surface area contributed by atoms with Crippen molar-refractivity contribution in [2.45, 2.75) is 98.5 Å². The van der Waals surface area contributed by atoms with Crippen molar-refractivity contribution in [3.8, 4) is 0 Å². The maximum absolute atomic E-state index is 13.5. The monoisotopic (exact) mass is 483 g/mol. The Bertz CT molecular complexity index is 753. The molecule has 0 saturated carbocycles. The molecule has 1 heterocycles. The second-order valence-electron chi connectivity index (χ2n) is 10.8. The van der Waals surface area contributed by atoms with E-state index in [-0.39, 0.29) is 36.3 Å². The normalized spacial score (nSPS) is 41.1. The van der Waals surface area contributed by atoms with E-state index in [1.54, 1.807) is 27.9 Å². The molecule has 2 N–H and O–H groups in total. The van der Waals surface area contributed by atoms with Crippen molar-refractivity contribution in [2.75, 3.05) is 7.11 Å². The lowest BCUT2D eigenvalue weighted by Gasteiger charge is -2.45. The van der Waals surface area contributed by atoms with Crippen molar-refractivity contribution in [3.05, 3.63) is 0 Å². The standard InChI is InChI=1S/C26H45NO7/c1-11-19-26(9,33-13-28)23(27)17(6)21(29)15(4)12-25(8,32-10)20(14(2)3)16(5)22(30)18(7)24(31)34-19/h13-20,23H,11-12,27H2,1-10H3/t15-,16-,17+,18-,19-,20-,23-,25-,26-/m1/s1. The topological polar surface area (TPSA) is 122 Å². The highest BCUT2D eigenvalue weighted by Gasteiger charge is 2.51. The van der Waals surface area contributed by atoms with Crippen LogP contribution in [0.15, 0.2) is 0 Å². The summed E-state index contributed by atoms with van der Waals surface area (Å²) >= 11 is 0. The molecule has 0 unspecified atom stereocenters. The lowest BCUT2D eigenvalue weighted by atomic mass is 9.66. The van der Waals surface area contributed by atoms with Gasteiger partial charge in [-0.1, -0.05) is 41.5 Å². The molecule has 0 bridgehead atoms. The van der Waals surface area contributed by atoms with Gasteiger partial charge in [0.2, 0.25) is 0 Å². The molecule has 1 rings (SSSR count). The number of hydrogen-bond donors (Lipinski definition) is 1. The lowest BCUT2D eigenvalue weighted by molar-refractivity contribution is -0.186. The fraction of sp³-hybridized carbons (Fsp3) is 0.846. The molecule has 1 aliphatic rings. The van der Waals surface area contributed by atoms with Gasteiger partial charge in [-0.2, -0.15) is 0 Å². The number of carbonyl (C=O) groups is 4. The van der Waals surface area contributed by atoms with Crippen LogP contribution in [-0.2, 0) is 33.4 Å². The van der Waals surface area contributed by atoms with Crippen LogP contribution < -0.4 is 5.73 Å². The van der Waals surface area contributed by atoms with E-state index in [9.17, 15) is 19.2 Å². The number of carbonyl (C=O) groups excluding carboxylic acids is 4. The van der Waals surface area contributed by atoms with E-state index in [0.717, 1.165) is 0 Å². The van der Waals surface area contributed by atoms with Crippen LogP contribution in [0.2, 0.25) is 0 Å². The van der Waals surface area contributed by atoms with Crippen LogP contribution in [0.4, 0.5) is 0 Å². The molecular formula is C26H45NO7. The first-order valence-electron chi connectivity index (χ1n) is 12.3. The maximum Gasteiger partial charge on any atom is 0.316 e. The third kappa shape index (κ3) is 5.88. The van der Waals surface area contributed by atoms with Crippen LogP contribution >= 0.6 is 0 Å². The second-order valence-corrected chi connectivity index (χ2v) is 10.8. The highest BCUT2D eigenvalue weighted by atomic mass is 16.6. The number of nitrogens with two attached hydrogens (primary N) is 1. The van der Waals surface area contributed by atoms with Crippen molar-refractivity contribution in [1.29, 1.82) is 0 Å². The zero-order valence-electron chi connectivity index (χ0n) is 22.5. The Hall–Kier alpha value is -1.80. The lowest BCUT2D eigenvalue weighted by Crippen LogP contribution is -2.61. The van der Waals surface area contributed by atoms with Crippen molar-refractivity contribution in [1.82, 2.24) is 0 Å². The fourth-order valence-corrected chi connectivity index (χ4v) is 6.01. The van der Waals surface area contributed by atoms with Gasteiger partial charge < -0.3 is 19.9 Å². The molecule has 0 aliphatic carbocycles. The van der Waals surface area contributed by atoms with E-state index in [2.05, 4.69) is 0 Å². The summed E-state index contributed by atoms with van der Waals surface area (Å²) in [5.74, 6) is -3.93. The molecule has 34 heavy (non-hydrogen) atoms. The van der Waals surface area contributed by atoms with Crippen molar-refractivity contribution >= 4 is 24.0 Å². The molecular weight excluding hydrogens is 438 g/mol. The molecule has 0 aromatic rings. The van der Waals surface area contributed by atoms with Crippen LogP contribution in [0.5, 0.6) is 0 Å². The SMILES string of the molecule is CC[C@H]1OC(=O)[C@H](C)C(=O)[C@H](C)[C@@H](C(C)C)[C@](C)(OC)C[C@@H](C)C(=O)[C@H](C)[C@@H](N)[C@]1(C)OC=O. The van der Waals surface area contributed by atoms with Crippen LogP contribution in [0.1, 0.15) is 75.2 Å². The summed E-state index contributed by atoms with van der Waals surface area (Å²) in [5.41, 5.74) is 4.27. The minimum Gasteiger partial charge on any atom is -0.458 e. The second kappa shape index (κ2) is 11.8. The number of Topliss-reactive ketones (excluding diaryl/α,β-unsaturated/α-hetero) is 2. The molecule has 8 nitrogen and oxygen atoms in total. The molecule has 0 amide bonds. The molecule has 1 aliphatic heterocycles. The zero-order chi connectivity index (χ0) is 26.6. The third-order valence-electron chi connectivity index (χ3n) is 8.07. The first kappa shape index (κ1) is 30.2. The van der Waals surface area contributed by atoms with E-state index >= 15 is 0 Å². The smallest absolute Gasteiger partial charge is 0.316 e. The number of ether oxygens (including phenoxy) is 3. The molecule has 1 saturated heterocycles. The van der Waals surface area contributed by atoms with Gasteiger partial charge >= 0.3 is 5.97 Å². The van der Waals surface area contributed by atoms with Crippen molar-refractivity contribution in [3.63, 3.8) is 0 Å². The van der Waals surface area contributed by atoms with Gasteiger partial charge in [0.05, 0.1) is 11.6 Å². The average Bonchev–Trinajstić information content (AvgIpc) is 2.78. The number of hydrogen-bond acceptors (Lipinski definition) is 8. The number of esters is 1. The average molecular weight is 484 g/mol. The minimum absolute atomic E-state index is 0.0506. The zero-order valence-corrected chi connectivity index (χ0v) is 22.5. The number of methoxy groups -OCH3 is 1. The summed E-state index contributed by atoms with van der Waals surface area (Å²) < 4.78 is 17.1. The maximum atomic E-state index is 13.5. The van der Waals surface area contributed by atoms with Gasteiger partial charge in [-0.3, -0.25) is 19.2 Å². The first-order chi connectivity index (χ1) is 15.6. The van der Waals surface area contributed by atoms with E-state index in [1.807, 2.05) is 34.6 Å². The predicted octanol–water partition coefficient (Wildman–Crippen LogP) is 3.33. The van der Waals surface area contributed by atoms with E-state index in [4.69, 9.17) is 19.9 Å².